The standard InChI is InChI=1S/C57H86N4O27S3/c1-27-44(80-30(4)62)47(83-33(7)65)50(86-36(10)68)55(77-27)89-24-19-41(71)58-22-15-13-17-39(60-43(73)21-26-91-57-52(88-38(12)70)49(85-35(9)67)46(29(3)79-57)82-32(6)64)53(74)61-40(54(75)76)18-14-16-23-59-42(72)20-25-90-56-51(87-37(11)69)48(84-34(8)66)45(28(2)78-56)81-31(5)63/h27-29,39-40,44-52,55-57H,13-26H2,1-12H3,(H,58,71)(H,59,72)(H,60,73)(H,61,74)(H,75,76)/t27-,28+,29-,39-,40-,44+,45-,46+,47+,48-,49+,50-,51+,52-,55+,56-,57+/m0/s1. The van der Waals surface area contributed by atoms with Crippen molar-refractivity contribution in [2.24, 2.45) is 0 Å². The maximum Gasteiger partial charge on any atom is 0.326 e. The highest BCUT2D eigenvalue weighted by Crippen LogP contribution is 2.37. The van der Waals surface area contributed by atoms with Crippen LogP contribution < -0.4 is 21.3 Å². The normalized spacial score (nSPS) is 26.7. The van der Waals surface area contributed by atoms with Crippen LogP contribution in [0.25, 0.3) is 0 Å². The molecule has 0 radical (unpaired) electrons. The maximum absolute atomic E-state index is 14.0. The molecule has 3 heterocycles. The van der Waals surface area contributed by atoms with Crippen LogP contribution >= 0.6 is 35.3 Å². The molecule has 3 fully saturated rings. The second-order valence-electron chi connectivity index (χ2n) is 21.4. The summed E-state index contributed by atoms with van der Waals surface area (Å²) in [5.41, 5.74) is -2.89. The number of carboxylic acid groups (broad SMARTS) is 1. The van der Waals surface area contributed by atoms with E-state index in [1.54, 1.807) is 20.8 Å². The van der Waals surface area contributed by atoms with Crippen molar-refractivity contribution >= 4 is 119 Å². The van der Waals surface area contributed by atoms with Gasteiger partial charge in [-0.15, -0.1) is 35.3 Å². The van der Waals surface area contributed by atoms with Crippen molar-refractivity contribution in [2.75, 3.05) is 30.3 Å². The van der Waals surface area contributed by atoms with E-state index in [1.807, 2.05) is 0 Å². The molecule has 3 aliphatic heterocycles. The molecular weight excluding hydrogens is 1270 g/mol. The number of unbranched alkanes of at least 4 members (excludes halogenated alkanes) is 2. The Morgan fingerprint density at radius 2 is 0.626 bits per heavy atom. The van der Waals surface area contributed by atoms with Gasteiger partial charge in [0.25, 0.3) is 0 Å². The highest BCUT2D eigenvalue weighted by atomic mass is 32.2. The monoisotopic (exact) mass is 1350 g/mol. The Labute approximate surface area is 539 Å². The third kappa shape index (κ3) is 28.5. The van der Waals surface area contributed by atoms with Gasteiger partial charge in [-0.25, -0.2) is 4.79 Å². The number of ether oxygens (including phenoxy) is 12. The van der Waals surface area contributed by atoms with Crippen LogP contribution in [0.5, 0.6) is 0 Å². The molecule has 3 rings (SSSR count). The number of amides is 4. The molecule has 0 aromatic rings. The van der Waals surface area contributed by atoms with Gasteiger partial charge >= 0.3 is 59.7 Å². The molecule has 0 unspecified atom stereocenters. The van der Waals surface area contributed by atoms with Crippen LogP contribution in [0.1, 0.15) is 141 Å². The summed E-state index contributed by atoms with van der Waals surface area (Å²) in [6, 6.07) is -2.74. The highest BCUT2D eigenvalue weighted by molar-refractivity contribution is 8.00. The average molecular weight is 1360 g/mol. The van der Waals surface area contributed by atoms with Crippen molar-refractivity contribution in [1.82, 2.24) is 21.3 Å². The van der Waals surface area contributed by atoms with E-state index in [2.05, 4.69) is 21.3 Å². The minimum Gasteiger partial charge on any atom is -0.480 e. The first-order valence-electron chi connectivity index (χ1n) is 29.5. The molecule has 91 heavy (non-hydrogen) atoms. The first kappa shape index (κ1) is 78.8. The fraction of sp³-hybridized carbons (Fsp3) is 0.754. The third-order valence-corrected chi connectivity index (χ3v) is 16.9. The van der Waals surface area contributed by atoms with Crippen molar-refractivity contribution in [3.8, 4) is 0 Å². The van der Waals surface area contributed by atoms with Crippen LogP contribution in [0.2, 0.25) is 0 Å². The molecule has 0 saturated carbocycles. The van der Waals surface area contributed by atoms with Gasteiger partial charge in [-0.1, -0.05) is 0 Å². The number of nitrogens with one attached hydrogen (secondary N) is 4. The van der Waals surface area contributed by atoms with Gasteiger partial charge in [0.05, 0.1) is 18.3 Å². The van der Waals surface area contributed by atoms with Crippen molar-refractivity contribution in [1.29, 1.82) is 0 Å². The Morgan fingerprint density at radius 1 is 0.363 bits per heavy atom. The van der Waals surface area contributed by atoms with Gasteiger partial charge in [0.15, 0.2) is 54.9 Å². The highest BCUT2D eigenvalue weighted by Gasteiger charge is 2.53. The van der Waals surface area contributed by atoms with E-state index in [0.29, 0.717) is 0 Å². The first-order chi connectivity index (χ1) is 42.8. The molecule has 31 nitrogen and oxygen atoms in total. The number of rotatable bonds is 35. The van der Waals surface area contributed by atoms with E-state index in [4.69, 9.17) is 56.8 Å². The number of hydrogen-bond donors (Lipinski definition) is 5. The summed E-state index contributed by atoms with van der Waals surface area (Å²) in [6.07, 6.45) is -12.7. The summed E-state index contributed by atoms with van der Waals surface area (Å²) in [5.74, 6) is -9.89. The van der Waals surface area contributed by atoms with E-state index in [0.717, 1.165) is 97.6 Å². The molecule has 0 bridgehead atoms. The van der Waals surface area contributed by atoms with Gasteiger partial charge in [-0.2, -0.15) is 0 Å². The minimum atomic E-state index is -1.44. The predicted octanol–water partition coefficient (Wildman–Crippen LogP) is 1.60. The second-order valence-corrected chi connectivity index (χ2v) is 25.0. The van der Waals surface area contributed by atoms with Crippen molar-refractivity contribution in [2.45, 2.75) is 243 Å². The Balaban J connectivity index is 1.65. The summed E-state index contributed by atoms with van der Waals surface area (Å²) < 4.78 is 66.9. The lowest BCUT2D eigenvalue weighted by molar-refractivity contribution is -0.229. The summed E-state index contributed by atoms with van der Waals surface area (Å²) in [4.78, 5) is 175. The summed E-state index contributed by atoms with van der Waals surface area (Å²) in [7, 11) is 0. The van der Waals surface area contributed by atoms with Crippen LogP contribution in [0.4, 0.5) is 0 Å². The van der Waals surface area contributed by atoms with Crippen molar-refractivity contribution < 1.29 is 129 Å². The number of carboxylic acids is 1. The largest absolute Gasteiger partial charge is 0.480 e. The average Bonchev–Trinajstić information content (AvgIpc) is 0.893. The van der Waals surface area contributed by atoms with Gasteiger partial charge in [-0.05, 0) is 59.3 Å². The number of carbonyl (C=O) groups is 14. The molecule has 17 atom stereocenters. The van der Waals surface area contributed by atoms with Gasteiger partial charge in [0, 0.05) is 112 Å². The molecule has 34 heteroatoms. The topological polar surface area (TPSA) is 418 Å². The molecule has 0 spiro atoms. The van der Waals surface area contributed by atoms with E-state index >= 15 is 0 Å². The van der Waals surface area contributed by atoms with Crippen molar-refractivity contribution in [3.05, 3.63) is 0 Å². The van der Waals surface area contributed by atoms with Crippen LogP contribution in [0, 0.1) is 0 Å². The fourth-order valence-electron chi connectivity index (χ4n) is 9.76. The van der Waals surface area contributed by atoms with E-state index in [-0.39, 0.29) is 94.0 Å². The molecule has 514 valence electrons. The lowest BCUT2D eigenvalue weighted by Crippen LogP contribution is -2.59. The number of aliphatic carboxylic acids is 1. The Kier molecular flexibility index (Phi) is 34.4. The van der Waals surface area contributed by atoms with Crippen LogP contribution in [0.15, 0.2) is 0 Å². The van der Waals surface area contributed by atoms with Gasteiger partial charge in [-0.3, -0.25) is 62.3 Å². The zero-order valence-corrected chi connectivity index (χ0v) is 55.5. The maximum atomic E-state index is 14.0. The van der Waals surface area contributed by atoms with Crippen molar-refractivity contribution in [3.63, 3.8) is 0 Å². The fourth-order valence-corrected chi connectivity index (χ4v) is 13.3. The summed E-state index contributed by atoms with van der Waals surface area (Å²) in [5, 5.41) is 20.9. The van der Waals surface area contributed by atoms with Crippen LogP contribution in [-0.2, 0) is 124 Å². The zero-order valence-electron chi connectivity index (χ0n) is 53.0. The minimum absolute atomic E-state index is 0.0160. The van der Waals surface area contributed by atoms with E-state index < -0.39 is 179 Å². The number of esters is 9. The number of hydrogen-bond acceptors (Lipinski definition) is 29. The molecule has 3 saturated heterocycles. The van der Waals surface area contributed by atoms with Gasteiger partial charge in [0.2, 0.25) is 23.6 Å². The quantitative estimate of drug-likeness (QED) is 0.0342. The third-order valence-electron chi connectivity index (χ3n) is 13.5. The SMILES string of the molecule is CC(=O)O[C@@H]1[C@H](OC(C)=O)[C@H](C)O[C@H](SCCC(=O)NCCCC[C@H](NC(=O)CCS[C@H]2O[C@@H](C)[C@@H](OC(C)=O)[C@@H](OC(C)=O)[C@@H]2OC(C)=O)C(=O)N[C@@H](CCCCNC(=O)CCS[C@@H]2O[C@H](C)[C@H](OC(C)=O)[C@H](OC(C)=O)[C@H]2OC(C)=O)C(=O)O)[C@H]1OC(C)=O. The lowest BCUT2D eigenvalue weighted by atomic mass is 10.00. The number of thioether (sulfide) groups is 3. The smallest absolute Gasteiger partial charge is 0.326 e. The Hall–Kier alpha value is -6.49. The van der Waals surface area contributed by atoms with Crippen LogP contribution in [0.3, 0.4) is 0 Å². The Morgan fingerprint density at radius 3 is 0.912 bits per heavy atom. The van der Waals surface area contributed by atoms with Gasteiger partial charge < -0.3 is 83.2 Å². The van der Waals surface area contributed by atoms with E-state index in [9.17, 15) is 72.2 Å². The second kappa shape index (κ2) is 39.8. The Bertz CT molecular complexity index is 2550. The molecule has 5 N–H and O–H groups in total. The molecule has 0 aliphatic carbocycles. The summed E-state index contributed by atoms with van der Waals surface area (Å²) in [6.45, 7) is 15.2. The molecule has 0 aromatic heterocycles. The zero-order chi connectivity index (χ0) is 68.2. The molecular formula is C57H86N4O27S3. The molecule has 3 aliphatic rings. The molecule has 0 aromatic carbocycles. The lowest BCUT2D eigenvalue weighted by Gasteiger charge is -2.43. The summed E-state index contributed by atoms with van der Waals surface area (Å²) >= 11 is 3.22. The van der Waals surface area contributed by atoms with Crippen LogP contribution in [-0.4, -0.2) is 220 Å². The molecule has 4 amide bonds. The van der Waals surface area contributed by atoms with Gasteiger partial charge in [0.1, 0.15) is 28.4 Å². The van der Waals surface area contributed by atoms with E-state index in [1.165, 1.54) is 0 Å². The predicted molar refractivity (Wildman–Crippen MR) is 319 cm³/mol. The number of carbonyl (C=O) groups excluding carboxylic acids is 13. The first-order valence-corrected chi connectivity index (χ1v) is 32.6.